The van der Waals surface area contributed by atoms with Crippen molar-refractivity contribution >= 4 is 15.9 Å². The van der Waals surface area contributed by atoms with Gasteiger partial charge in [-0.05, 0) is 15.9 Å². The van der Waals surface area contributed by atoms with Crippen LogP contribution in [0, 0.1) is 12.0 Å². The average Bonchev–Trinajstić information content (AvgIpc) is 1.80. The molecule has 0 saturated heterocycles. The van der Waals surface area contributed by atoms with Crippen molar-refractivity contribution in [2.45, 2.75) is 0 Å². The van der Waals surface area contributed by atoms with E-state index in [4.69, 9.17) is 5.11 Å². The Morgan fingerprint density at radius 1 is 1.78 bits per heavy atom. The van der Waals surface area contributed by atoms with Crippen molar-refractivity contribution in [3.05, 3.63) is 22.7 Å². The average molecular weight is 191 g/mol. The van der Waals surface area contributed by atoms with Crippen LogP contribution in [-0.2, 0) is 0 Å². The van der Waals surface area contributed by atoms with Crippen molar-refractivity contribution in [2.24, 2.45) is 0 Å². The Morgan fingerprint density at radius 2 is 2.44 bits per heavy atom. The van der Waals surface area contributed by atoms with Gasteiger partial charge in [0.05, 0.1) is 0 Å². The maximum atomic E-state index is 12.1. The summed E-state index contributed by atoms with van der Waals surface area (Å²) in [5, 5.41) is 8.58. The summed E-state index contributed by atoms with van der Waals surface area (Å²) in [6.45, 7) is 0. The van der Waals surface area contributed by atoms with Crippen LogP contribution in [0.1, 0.15) is 0 Å². The Morgan fingerprint density at radius 3 is 2.89 bits per heavy atom. The van der Waals surface area contributed by atoms with Gasteiger partial charge in [-0.15, -0.1) is 0 Å². The molecule has 0 aromatic carbocycles. The van der Waals surface area contributed by atoms with Crippen molar-refractivity contribution in [1.29, 1.82) is 0 Å². The molecule has 1 N–H and O–H groups in total. The monoisotopic (exact) mass is 190 g/mol. The topological polar surface area (TPSA) is 33.1 Å². The lowest BCUT2D eigenvalue weighted by atomic mass is 10.5. The van der Waals surface area contributed by atoms with Gasteiger partial charge in [0.25, 0.3) is 5.95 Å². The lowest BCUT2D eigenvalue weighted by Gasteiger charge is -1.90. The highest BCUT2D eigenvalue weighted by molar-refractivity contribution is 9.10. The minimum atomic E-state index is -0.904. The molecule has 0 bridgehead atoms. The van der Waals surface area contributed by atoms with E-state index < -0.39 is 11.7 Å². The lowest BCUT2D eigenvalue weighted by molar-refractivity contribution is 0.417. The van der Waals surface area contributed by atoms with Crippen molar-refractivity contribution in [2.75, 3.05) is 0 Å². The van der Waals surface area contributed by atoms with Crippen LogP contribution < -0.4 is 0 Å². The summed E-state index contributed by atoms with van der Waals surface area (Å²) in [6, 6.07) is 2.27. The van der Waals surface area contributed by atoms with Gasteiger partial charge >= 0.3 is 0 Å². The molecular weight excluding hydrogens is 189 g/mol. The molecule has 4 heteroatoms. The van der Waals surface area contributed by atoms with E-state index in [-0.39, 0.29) is 0 Å². The van der Waals surface area contributed by atoms with E-state index in [9.17, 15) is 4.39 Å². The van der Waals surface area contributed by atoms with Gasteiger partial charge in [0.2, 0.25) is 0 Å². The molecular formula is C5H2BrFNO. The molecule has 2 nitrogen and oxygen atoms in total. The van der Waals surface area contributed by atoms with Crippen molar-refractivity contribution in [1.82, 2.24) is 4.98 Å². The maximum Gasteiger partial charge on any atom is 0.255 e. The largest absolute Gasteiger partial charge is 0.503 e. The lowest BCUT2D eigenvalue weighted by Crippen LogP contribution is -1.81. The Balaban J connectivity index is 3.17. The van der Waals surface area contributed by atoms with Crippen molar-refractivity contribution in [3.8, 4) is 5.75 Å². The van der Waals surface area contributed by atoms with E-state index in [1.807, 2.05) is 0 Å². The highest BCUT2D eigenvalue weighted by Crippen LogP contribution is 2.16. The van der Waals surface area contributed by atoms with Crippen LogP contribution in [0.2, 0.25) is 0 Å². The third-order valence-corrected chi connectivity index (χ3v) is 1.13. The van der Waals surface area contributed by atoms with Crippen LogP contribution in [0.4, 0.5) is 4.39 Å². The van der Waals surface area contributed by atoms with Gasteiger partial charge in [-0.3, -0.25) is 0 Å². The van der Waals surface area contributed by atoms with Gasteiger partial charge in [-0.25, -0.2) is 4.98 Å². The summed E-state index contributed by atoms with van der Waals surface area (Å²) in [7, 11) is 0. The molecule has 0 unspecified atom stereocenters. The number of hydrogen-bond acceptors (Lipinski definition) is 2. The standard InChI is InChI=1S/C5H2BrFNO/c6-3-1-4(9)5(7)8-2-3/h2,9H. The van der Waals surface area contributed by atoms with E-state index in [1.54, 1.807) is 0 Å². The smallest absolute Gasteiger partial charge is 0.255 e. The predicted molar refractivity (Wildman–Crippen MR) is 32.4 cm³/mol. The first-order valence-corrected chi connectivity index (χ1v) is 2.92. The van der Waals surface area contributed by atoms with Crippen molar-refractivity contribution in [3.63, 3.8) is 0 Å². The van der Waals surface area contributed by atoms with E-state index in [0.717, 1.165) is 0 Å². The Bertz CT molecular complexity index is 228. The molecule has 0 spiro atoms. The van der Waals surface area contributed by atoms with Crippen LogP contribution in [0.3, 0.4) is 0 Å². The van der Waals surface area contributed by atoms with Crippen LogP contribution >= 0.6 is 15.9 Å². The first-order chi connectivity index (χ1) is 4.20. The number of aromatic nitrogens is 1. The molecule has 1 rings (SSSR count). The van der Waals surface area contributed by atoms with E-state index >= 15 is 0 Å². The zero-order valence-electron chi connectivity index (χ0n) is 4.23. The number of rotatable bonds is 0. The Kier molecular flexibility index (Phi) is 1.66. The SMILES string of the molecule is Oc1[c]c(Br)cnc1F. The summed E-state index contributed by atoms with van der Waals surface area (Å²) in [6.07, 6.45) is 1.22. The minimum absolute atomic E-state index is 0.432. The molecule has 0 saturated carbocycles. The van der Waals surface area contributed by atoms with Gasteiger partial charge in [-0.1, -0.05) is 0 Å². The highest BCUT2D eigenvalue weighted by Gasteiger charge is 1.99. The quantitative estimate of drug-likeness (QED) is 0.630. The van der Waals surface area contributed by atoms with Gasteiger partial charge in [0, 0.05) is 16.7 Å². The number of nitrogens with zero attached hydrogens (tertiary/aromatic N) is 1. The second kappa shape index (κ2) is 2.31. The highest BCUT2D eigenvalue weighted by atomic mass is 79.9. The Hall–Kier alpha value is -0.640. The number of halogens is 2. The third-order valence-electron chi connectivity index (χ3n) is 0.724. The third kappa shape index (κ3) is 1.38. The molecule has 0 aliphatic heterocycles. The summed E-state index contributed by atoms with van der Waals surface area (Å²) in [5.41, 5.74) is 0. The maximum absolute atomic E-state index is 12.1. The van der Waals surface area contributed by atoms with Crippen LogP contribution in [0.15, 0.2) is 10.7 Å². The van der Waals surface area contributed by atoms with Crippen LogP contribution in [0.5, 0.6) is 5.75 Å². The first-order valence-electron chi connectivity index (χ1n) is 2.12. The molecule has 0 atom stereocenters. The fourth-order valence-corrected chi connectivity index (χ4v) is 0.662. The molecule has 0 amide bonds. The van der Waals surface area contributed by atoms with Crippen LogP contribution in [-0.4, -0.2) is 10.1 Å². The molecule has 1 radical (unpaired) electrons. The molecule has 1 aromatic rings. The number of aromatic hydroxyl groups is 1. The number of pyridine rings is 1. The molecule has 0 fully saturated rings. The second-order valence-electron chi connectivity index (χ2n) is 1.37. The van der Waals surface area contributed by atoms with Crippen molar-refractivity contribution < 1.29 is 9.50 Å². The van der Waals surface area contributed by atoms with Gasteiger partial charge < -0.3 is 5.11 Å². The molecule has 0 aliphatic carbocycles. The molecule has 1 heterocycles. The summed E-state index contributed by atoms with van der Waals surface area (Å²) in [4.78, 5) is 3.18. The predicted octanol–water partition coefficient (Wildman–Crippen LogP) is 1.49. The minimum Gasteiger partial charge on any atom is -0.503 e. The Labute approximate surface area is 59.5 Å². The van der Waals surface area contributed by atoms with E-state index in [2.05, 4.69) is 27.0 Å². The fourth-order valence-electron chi connectivity index (χ4n) is 0.371. The number of hydrogen-bond donors (Lipinski definition) is 1. The molecule has 9 heavy (non-hydrogen) atoms. The molecule has 1 aromatic heterocycles. The zero-order chi connectivity index (χ0) is 6.85. The van der Waals surface area contributed by atoms with Gasteiger partial charge in [0.15, 0.2) is 5.75 Å². The summed E-state index contributed by atoms with van der Waals surface area (Å²) in [5.74, 6) is -1.47. The van der Waals surface area contributed by atoms with E-state index in [1.165, 1.54) is 6.20 Å². The first kappa shape index (κ1) is 6.48. The van der Waals surface area contributed by atoms with E-state index in [0.29, 0.717) is 4.47 Å². The molecule has 47 valence electrons. The normalized spacial score (nSPS) is 9.56. The summed E-state index contributed by atoms with van der Waals surface area (Å²) >= 11 is 2.95. The summed E-state index contributed by atoms with van der Waals surface area (Å²) < 4.78 is 12.5. The van der Waals surface area contributed by atoms with Crippen LogP contribution in [0.25, 0.3) is 0 Å². The molecule has 0 aliphatic rings. The van der Waals surface area contributed by atoms with Gasteiger partial charge in [-0.2, -0.15) is 4.39 Å². The fraction of sp³-hybridized carbons (Fsp3) is 0. The van der Waals surface area contributed by atoms with Gasteiger partial charge in [0.1, 0.15) is 0 Å². The zero-order valence-corrected chi connectivity index (χ0v) is 5.81. The second-order valence-corrected chi connectivity index (χ2v) is 2.22.